The number of rotatable bonds is 6. The maximum Gasteiger partial charge on any atom is 0.217 e. The van der Waals surface area contributed by atoms with Crippen molar-refractivity contribution in [1.29, 1.82) is 0 Å². The molecule has 3 aromatic carbocycles. The van der Waals surface area contributed by atoms with Crippen LogP contribution in [0.25, 0.3) is 11.1 Å². The number of ether oxygens (including phenoxy) is 1. The highest BCUT2D eigenvalue weighted by Crippen LogP contribution is 2.36. The summed E-state index contributed by atoms with van der Waals surface area (Å²) in [5, 5.41) is 22.2. The minimum Gasteiger partial charge on any atom is -0.496 e. The molecule has 0 bridgehead atoms. The molecule has 0 aliphatic heterocycles. The lowest BCUT2D eigenvalue weighted by Crippen LogP contribution is -2.26. The zero-order valence-corrected chi connectivity index (χ0v) is 15.7. The van der Waals surface area contributed by atoms with Crippen molar-refractivity contribution in [3.05, 3.63) is 82.9 Å². The largest absolute Gasteiger partial charge is 0.496 e. The molecular formula is C21H20ClNO4. The van der Waals surface area contributed by atoms with E-state index in [1.807, 2.05) is 12.1 Å². The molecule has 0 aromatic heterocycles. The number of anilines is 1. The fourth-order valence-corrected chi connectivity index (χ4v) is 3.05. The Hall–Kier alpha value is -2.57. The first-order chi connectivity index (χ1) is 13.0. The van der Waals surface area contributed by atoms with E-state index in [0.29, 0.717) is 33.1 Å². The van der Waals surface area contributed by atoms with Gasteiger partial charge in [-0.25, -0.2) is 0 Å². The van der Waals surface area contributed by atoms with Gasteiger partial charge in [0.05, 0.1) is 19.9 Å². The molecule has 3 N–H and O–H groups in total. The number of nitrogens with one attached hydrogen (secondary N) is 1. The summed E-state index contributed by atoms with van der Waals surface area (Å²) < 4.78 is 5.43. The first-order valence-electron chi connectivity index (χ1n) is 8.24. The third-order valence-corrected chi connectivity index (χ3v) is 4.48. The quantitative estimate of drug-likeness (QED) is 0.438. The number of hydrogen-bond donors (Lipinski definition) is 3. The Morgan fingerprint density at radius 1 is 0.889 bits per heavy atom. The number of benzene rings is 3. The first-order valence-corrected chi connectivity index (χ1v) is 8.62. The second-order valence-electron chi connectivity index (χ2n) is 5.98. The van der Waals surface area contributed by atoms with Crippen LogP contribution >= 0.6 is 11.6 Å². The molecule has 27 heavy (non-hydrogen) atoms. The van der Waals surface area contributed by atoms with Crippen molar-refractivity contribution in [1.82, 2.24) is 0 Å². The maximum absolute atomic E-state index is 10.8. The summed E-state index contributed by atoms with van der Waals surface area (Å²) in [5.74, 6) is -1.57. The Bertz CT molecular complexity index is 926. The minimum atomic E-state index is -2.18. The Morgan fingerprint density at radius 2 is 1.59 bits per heavy atom. The van der Waals surface area contributed by atoms with Crippen molar-refractivity contribution in [2.45, 2.75) is 5.79 Å². The average molecular weight is 386 g/mol. The fraction of sp³-hybridized carbons (Fsp3) is 0.143. The fourth-order valence-electron chi connectivity index (χ4n) is 2.86. The number of halogens is 1. The Balaban J connectivity index is 2.04. The molecule has 0 heterocycles. The Kier molecular flexibility index (Phi) is 5.68. The van der Waals surface area contributed by atoms with Crippen molar-refractivity contribution < 1.29 is 19.8 Å². The summed E-state index contributed by atoms with van der Waals surface area (Å²) in [4.78, 5) is 4.84. The lowest BCUT2D eigenvalue weighted by molar-refractivity contribution is -0.132. The standard InChI is InChI=1S/C21H20ClNO4/c1-26-20-11-8-16(13-19(20)14-4-3-5-17(22)12-14)21(24,25)15-6-9-18(10-7-15)23-27-2/h3-13,23-25H,1-2H3. The van der Waals surface area contributed by atoms with Gasteiger partial charge in [0.2, 0.25) is 5.79 Å². The Morgan fingerprint density at radius 3 is 2.22 bits per heavy atom. The lowest BCUT2D eigenvalue weighted by atomic mass is 9.93. The molecule has 0 spiro atoms. The molecule has 6 heteroatoms. The zero-order chi connectivity index (χ0) is 19.4. The third kappa shape index (κ3) is 4.07. The van der Waals surface area contributed by atoms with E-state index in [-0.39, 0.29) is 0 Å². The molecule has 0 saturated carbocycles. The maximum atomic E-state index is 10.8. The van der Waals surface area contributed by atoms with Crippen LogP contribution in [0.2, 0.25) is 5.02 Å². The van der Waals surface area contributed by atoms with Crippen molar-refractivity contribution in [3.8, 4) is 16.9 Å². The number of aliphatic hydroxyl groups is 2. The van der Waals surface area contributed by atoms with Crippen LogP contribution in [0.1, 0.15) is 11.1 Å². The SMILES string of the molecule is CONc1ccc(C(O)(O)c2ccc(OC)c(-c3cccc(Cl)c3)c2)cc1. The molecule has 0 atom stereocenters. The van der Waals surface area contributed by atoms with E-state index >= 15 is 0 Å². The molecule has 0 unspecified atom stereocenters. The van der Waals surface area contributed by atoms with Gasteiger partial charge in [-0.2, -0.15) is 0 Å². The van der Waals surface area contributed by atoms with Crippen molar-refractivity contribution in [2.24, 2.45) is 0 Å². The van der Waals surface area contributed by atoms with E-state index in [0.717, 1.165) is 5.56 Å². The van der Waals surface area contributed by atoms with Crippen LogP contribution in [0.15, 0.2) is 66.7 Å². The summed E-state index contributed by atoms with van der Waals surface area (Å²) in [6.45, 7) is 0. The summed E-state index contributed by atoms with van der Waals surface area (Å²) in [5.41, 5.74) is 5.55. The molecule has 3 rings (SSSR count). The van der Waals surface area contributed by atoms with Crippen LogP contribution in [0.5, 0.6) is 5.75 Å². The van der Waals surface area contributed by atoms with E-state index in [4.69, 9.17) is 21.2 Å². The van der Waals surface area contributed by atoms with Crippen LogP contribution in [0.3, 0.4) is 0 Å². The summed E-state index contributed by atoms with van der Waals surface area (Å²) in [6.07, 6.45) is 0. The summed E-state index contributed by atoms with van der Waals surface area (Å²) >= 11 is 6.10. The highest BCUT2D eigenvalue weighted by Gasteiger charge is 2.29. The van der Waals surface area contributed by atoms with Gasteiger partial charge in [-0.15, -0.1) is 0 Å². The first kappa shape index (κ1) is 19.2. The van der Waals surface area contributed by atoms with Crippen LogP contribution in [-0.4, -0.2) is 24.4 Å². The van der Waals surface area contributed by atoms with Crippen LogP contribution < -0.4 is 10.2 Å². The van der Waals surface area contributed by atoms with Crippen LogP contribution in [0.4, 0.5) is 5.69 Å². The topological polar surface area (TPSA) is 71.0 Å². The van der Waals surface area contributed by atoms with Gasteiger partial charge in [-0.05, 0) is 48.0 Å². The third-order valence-electron chi connectivity index (χ3n) is 4.24. The van der Waals surface area contributed by atoms with E-state index in [1.54, 1.807) is 61.7 Å². The number of methoxy groups -OCH3 is 1. The van der Waals surface area contributed by atoms with Gasteiger partial charge < -0.3 is 14.9 Å². The Labute approximate surface area is 162 Å². The van der Waals surface area contributed by atoms with Crippen LogP contribution in [-0.2, 0) is 10.6 Å². The molecule has 0 aliphatic carbocycles. The van der Waals surface area contributed by atoms with Gasteiger partial charge in [0.1, 0.15) is 5.75 Å². The average Bonchev–Trinajstić information content (AvgIpc) is 2.68. The van der Waals surface area contributed by atoms with Gasteiger partial charge in [0, 0.05) is 21.7 Å². The zero-order valence-electron chi connectivity index (χ0n) is 14.9. The van der Waals surface area contributed by atoms with E-state index in [2.05, 4.69) is 5.48 Å². The van der Waals surface area contributed by atoms with E-state index in [1.165, 1.54) is 7.11 Å². The molecule has 0 fully saturated rings. The van der Waals surface area contributed by atoms with Gasteiger partial charge in [0.15, 0.2) is 0 Å². The molecular weight excluding hydrogens is 366 g/mol. The second-order valence-corrected chi connectivity index (χ2v) is 6.42. The van der Waals surface area contributed by atoms with Crippen molar-refractivity contribution >= 4 is 17.3 Å². The molecule has 140 valence electrons. The van der Waals surface area contributed by atoms with Gasteiger partial charge >= 0.3 is 0 Å². The van der Waals surface area contributed by atoms with Crippen LogP contribution in [0, 0.1) is 0 Å². The van der Waals surface area contributed by atoms with E-state index in [9.17, 15) is 10.2 Å². The van der Waals surface area contributed by atoms with Gasteiger partial charge in [-0.1, -0.05) is 35.9 Å². The van der Waals surface area contributed by atoms with Crippen molar-refractivity contribution in [3.63, 3.8) is 0 Å². The predicted molar refractivity (Wildman–Crippen MR) is 106 cm³/mol. The van der Waals surface area contributed by atoms with Crippen molar-refractivity contribution in [2.75, 3.05) is 19.7 Å². The van der Waals surface area contributed by atoms with Gasteiger partial charge in [-0.3, -0.25) is 10.3 Å². The summed E-state index contributed by atoms with van der Waals surface area (Å²) in [7, 11) is 3.07. The second kappa shape index (κ2) is 7.98. The molecule has 0 saturated heterocycles. The highest BCUT2D eigenvalue weighted by atomic mass is 35.5. The molecule has 0 radical (unpaired) electrons. The lowest BCUT2D eigenvalue weighted by Gasteiger charge is -2.24. The molecule has 0 amide bonds. The molecule has 5 nitrogen and oxygen atoms in total. The summed E-state index contributed by atoms with van der Waals surface area (Å²) in [6, 6.07) is 18.9. The van der Waals surface area contributed by atoms with Gasteiger partial charge in [0.25, 0.3) is 0 Å². The molecule has 0 aliphatic rings. The van der Waals surface area contributed by atoms with E-state index < -0.39 is 5.79 Å². The smallest absolute Gasteiger partial charge is 0.217 e. The number of hydrogen-bond acceptors (Lipinski definition) is 5. The molecule has 3 aromatic rings. The predicted octanol–water partition coefficient (Wildman–Crippen LogP) is 4.17. The monoisotopic (exact) mass is 385 g/mol. The highest BCUT2D eigenvalue weighted by molar-refractivity contribution is 6.30. The minimum absolute atomic E-state index is 0.311. The normalized spacial score (nSPS) is 11.3.